The van der Waals surface area contributed by atoms with E-state index in [2.05, 4.69) is 11.9 Å². The van der Waals surface area contributed by atoms with Crippen molar-refractivity contribution in [2.75, 3.05) is 7.05 Å². The molecule has 1 heterocycles. The highest BCUT2D eigenvalue weighted by molar-refractivity contribution is 5.80. The van der Waals surface area contributed by atoms with Crippen LogP contribution in [0, 0.1) is 12.8 Å². The largest absolute Gasteiger partial charge is 0.342 e. The summed E-state index contributed by atoms with van der Waals surface area (Å²) in [5.74, 6) is 0.658. The van der Waals surface area contributed by atoms with Crippen molar-refractivity contribution >= 4 is 16.8 Å². The average molecular weight is 341 g/mol. The third kappa shape index (κ3) is 3.60. The molecule has 25 heavy (non-hydrogen) atoms. The van der Waals surface area contributed by atoms with Crippen LogP contribution in [0.15, 0.2) is 29.3 Å². The smallest absolute Gasteiger partial charge is 0.261 e. The maximum atomic E-state index is 12.6. The van der Waals surface area contributed by atoms with Crippen LogP contribution in [-0.4, -0.2) is 33.4 Å². The summed E-state index contributed by atoms with van der Waals surface area (Å²) in [5.41, 5.74) is 1.65. The number of hydrogen-bond donors (Lipinski definition) is 0. The lowest BCUT2D eigenvalue weighted by atomic mass is 9.85. The lowest BCUT2D eigenvalue weighted by Gasteiger charge is -2.36. The number of carbonyl (C=O) groups is 1. The number of amides is 1. The van der Waals surface area contributed by atoms with Crippen molar-refractivity contribution < 1.29 is 4.79 Å². The summed E-state index contributed by atoms with van der Waals surface area (Å²) in [6, 6.07) is 5.94. The maximum Gasteiger partial charge on any atom is 0.261 e. The van der Waals surface area contributed by atoms with Crippen LogP contribution in [0.5, 0.6) is 0 Å². The van der Waals surface area contributed by atoms with Gasteiger partial charge in [-0.1, -0.05) is 31.9 Å². The molecule has 3 rings (SSSR count). The Hall–Kier alpha value is -2.17. The first-order chi connectivity index (χ1) is 12.0. The number of para-hydroxylation sites is 1. The molecule has 0 aliphatic heterocycles. The molecule has 1 aromatic heterocycles. The number of rotatable bonds is 4. The first kappa shape index (κ1) is 17.6. The molecule has 0 saturated heterocycles. The summed E-state index contributed by atoms with van der Waals surface area (Å²) >= 11 is 0. The van der Waals surface area contributed by atoms with E-state index in [1.807, 2.05) is 31.0 Å². The SMILES string of the molecule is Cc1cccc2c(=O)n(CCC(=O)N(C)C3CCCCC3C)cnc12. The number of nitrogens with zero attached hydrogens (tertiary/aromatic N) is 3. The zero-order valence-corrected chi connectivity index (χ0v) is 15.4. The van der Waals surface area contributed by atoms with E-state index in [1.165, 1.54) is 19.3 Å². The Balaban J connectivity index is 1.71. The van der Waals surface area contributed by atoms with E-state index < -0.39 is 0 Å². The molecule has 2 unspecified atom stereocenters. The normalized spacial score (nSPS) is 20.6. The van der Waals surface area contributed by atoms with Crippen molar-refractivity contribution in [1.29, 1.82) is 0 Å². The van der Waals surface area contributed by atoms with Crippen molar-refractivity contribution in [3.63, 3.8) is 0 Å². The van der Waals surface area contributed by atoms with Gasteiger partial charge in [-0.05, 0) is 37.3 Å². The predicted molar refractivity (Wildman–Crippen MR) is 99.5 cm³/mol. The minimum Gasteiger partial charge on any atom is -0.342 e. The highest BCUT2D eigenvalue weighted by Crippen LogP contribution is 2.27. The number of aromatic nitrogens is 2. The Morgan fingerprint density at radius 3 is 2.84 bits per heavy atom. The maximum absolute atomic E-state index is 12.6. The van der Waals surface area contributed by atoms with Gasteiger partial charge >= 0.3 is 0 Å². The summed E-state index contributed by atoms with van der Waals surface area (Å²) in [5, 5.41) is 0.615. The van der Waals surface area contributed by atoms with Gasteiger partial charge < -0.3 is 4.90 Å². The topological polar surface area (TPSA) is 55.2 Å². The lowest BCUT2D eigenvalue weighted by molar-refractivity contribution is -0.133. The Kier molecular flexibility index (Phi) is 5.21. The van der Waals surface area contributed by atoms with Crippen molar-refractivity contribution in [1.82, 2.24) is 14.5 Å². The fraction of sp³-hybridized carbons (Fsp3) is 0.550. The molecule has 1 fully saturated rings. The summed E-state index contributed by atoms with van der Waals surface area (Å²) in [6.07, 6.45) is 6.62. The fourth-order valence-electron chi connectivity index (χ4n) is 3.95. The van der Waals surface area contributed by atoms with Crippen molar-refractivity contribution in [3.8, 4) is 0 Å². The molecule has 1 amide bonds. The molecule has 0 N–H and O–H groups in total. The molecule has 1 aliphatic carbocycles. The minimum atomic E-state index is -0.0739. The third-order valence-electron chi connectivity index (χ3n) is 5.58. The second-order valence-corrected chi connectivity index (χ2v) is 7.30. The van der Waals surface area contributed by atoms with Crippen molar-refractivity contribution in [3.05, 3.63) is 40.4 Å². The molecule has 0 bridgehead atoms. The number of hydrogen-bond acceptors (Lipinski definition) is 3. The Morgan fingerprint density at radius 1 is 1.32 bits per heavy atom. The zero-order valence-electron chi connectivity index (χ0n) is 15.4. The second kappa shape index (κ2) is 7.38. The molecule has 5 nitrogen and oxygen atoms in total. The van der Waals surface area contributed by atoms with Gasteiger partial charge in [-0.15, -0.1) is 0 Å². The molecule has 2 atom stereocenters. The van der Waals surface area contributed by atoms with Crippen LogP contribution in [0.25, 0.3) is 10.9 Å². The molecule has 0 spiro atoms. The molecular formula is C20H27N3O2. The summed E-state index contributed by atoms with van der Waals surface area (Å²) in [7, 11) is 1.90. The molecule has 134 valence electrons. The fourth-order valence-corrected chi connectivity index (χ4v) is 3.95. The Morgan fingerprint density at radius 2 is 2.08 bits per heavy atom. The van der Waals surface area contributed by atoms with E-state index in [0.29, 0.717) is 30.3 Å². The number of benzene rings is 1. The molecule has 1 saturated carbocycles. The lowest BCUT2D eigenvalue weighted by Crippen LogP contribution is -2.43. The van der Waals surface area contributed by atoms with Gasteiger partial charge in [0, 0.05) is 26.1 Å². The van der Waals surface area contributed by atoms with E-state index >= 15 is 0 Å². The summed E-state index contributed by atoms with van der Waals surface area (Å²) in [6.45, 7) is 4.55. The Labute approximate surface area is 148 Å². The summed E-state index contributed by atoms with van der Waals surface area (Å²) in [4.78, 5) is 31.5. The van der Waals surface area contributed by atoms with Crippen LogP contribution in [0.3, 0.4) is 0 Å². The van der Waals surface area contributed by atoms with E-state index in [-0.39, 0.29) is 11.5 Å². The average Bonchev–Trinajstić information content (AvgIpc) is 2.61. The highest BCUT2D eigenvalue weighted by atomic mass is 16.2. The van der Waals surface area contributed by atoms with Gasteiger partial charge in [-0.2, -0.15) is 0 Å². The van der Waals surface area contributed by atoms with Gasteiger partial charge in [0.05, 0.1) is 17.2 Å². The van der Waals surface area contributed by atoms with Gasteiger partial charge in [-0.3, -0.25) is 14.2 Å². The first-order valence-electron chi connectivity index (χ1n) is 9.19. The van der Waals surface area contributed by atoms with Crippen molar-refractivity contribution in [2.45, 2.75) is 58.5 Å². The van der Waals surface area contributed by atoms with Crippen molar-refractivity contribution in [2.24, 2.45) is 5.92 Å². The monoisotopic (exact) mass is 341 g/mol. The van der Waals surface area contributed by atoms with Crippen LogP contribution in [0.2, 0.25) is 0 Å². The second-order valence-electron chi connectivity index (χ2n) is 7.30. The molecule has 1 aromatic carbocycles. The number of carbonyl (C=O) groups excluding carboxylic acids is 1. The van der Waals surface area contributed by atoms with Crippen LogP contribution in [0.1, 0.15) is 44.6 Å². The molecular weight excluding hydrogens is 314 g/mol. The van der Waals surface area contributed by atoms with Gasteiger partial charge in [0.2, 0.25) is 5.91 Å². The quantitative estimate of drug-likeness (QED) is 0.858. The van der Waals surface area contributed by atoms with E-state index in [0.717, 1.165) is 17.5 Å². The first-order valence-corrected chi connectivity index (χ1v) is 9.19. The van der Waals surface area contributed by atoms with Crippen LogP contribution in [0.4, 0.5) is 0 Å². The zero-order chi connectivity index (χ0) is 18.0. The van der Waals surface area contributed by atoms with Gasteiger partial charge in [0.1, 0.15) is 0 Å². The highest BCUT2D eigenvalue weighted by Gasteiger charge is 2.27. The van der Waals surface area contributed by atoms with E-state index in [4.69, 9.17) is 0 Å². The third-order valence-corrected chi connectivity index (χ3v) is 5.58. The van der Waals surface area contributed by atoms with Gasteiger partial charge in [-0.25, -0.2) is 4.98 Å². The molecule has 1 aliphatic rings. The van der Waals surface area contributed by atoms with Crippen LogP contribution < -0.4 is 5.56 Å². The van der Waals surface area contributed by atoms with E-state index in [9.17, 15) is 9.59 Å². The Bertz CT molecular complexity index is 827. The molecule has 5 heteroatoms. The van der Waals surface area contributed by atoms with Gasteiger partial charge in [0.15, 0.2) is 0 Å². The summed E-state index contributed by atoms with van der Waals surface area (Å²) < 4.78 is 1.55. The number of aryl methyl sites for hydroxylation is 2. The minimum absolute atomic E-state index is 0.0739. The molecule has 0 radical (unpaired) electrons. The van der Waals surface area contributed by atoms with Crippen LogP contribution >= 0.6 is 0 Å². The number of fused-ring (bicyclic) bond motifs is 1. The molecule has 2 aromatic rings. The van der Waals surface area contributed by atoms with E-state index in [1.54, 1.807) is 17.0 Å². The van der Waals surface area contributed by atoms with Crippen LogP contribution in [-0.2, 0) is 11.3 Å². The standard InChI is InChI=1S/C20H27N3O2/c1-14-7-4-5-10-17(14)22(3)18(24)11-12-23-13-21-19-15(2)8-6-9-16(19)20(23)25/h6,8-9,13-14,17H,4-5,7,10-12H2,1-3H3. The van der Waals surface area contributed by atoms with Gasteiger partial charge in [0.25, 0.3) is 5.56 Å². The predicted octanol–water partition coefficient (Wildman–Crippen LogP) is 3.13.